The van der Waals surface area contributed by atoms with Gasteiger partial charge in [0.05, 0.1) is 22.6 Å². The van der Waals surface area contributed by atoms with Crippen molar-refractivity contribution in [2.75, 3.05) is 11.9 Å². The van der Waals surface area contributed by atoms with Crippen molar-refractivity contribution in [1.82, 2.24) is 0 Å². The minimum atomic E-state index is -0.612. The van der Waals surface area contributed by atoms with Gasteiger partial charge in [0.1, 0.15) is 6.07 Å². The number of carbonyl (C=O) groups excluding carboxylic acids is 2. The fourth-order valence-electron chi connectivity index (χ4n) is 6.04. The van der Waals surface area contributed by atoms with Crippen LogP contribution in [-0.4, -0.2) is 23.4 Å². The maximum absolute atomic E-state index is 12.4. The number of hydrogen-bond acceptors (Lipinski definition) is 6. The molecule has 0 radical (unpaired) electrons. The van der Waals surface area contributed by atoms with Crippen molar-refractivity contribution in [3.8, 4) is 6.07 Å². The third kappa shape index (κ3) is 4.09. The van der Waals surface area contributed by atoms with Gasteiger partial charge >= 0.3 is 5.97 Å². The first-order valence-corrected chi connectivity index (χ1v) is 10.00. The number of non-ortho nitro benzene ring substituents is 1. The number of benzene rings is 1. The predicted octanol–water partition coefficient (Wildman–Crippen LogP) is 3.55. The summed E-state index contributed by atoms with van der Waals surface area (Å²) in [5.74, 6) is 1.29. The van der Waals surface area contributed by atoms with Crippen LogP contribution in [0.15, 0.2) is 18.2 Å². The molecular formula is C21H23N3O5. The van der Waals surface area contributed by atoms with Crippen LogP contribution in [0.5, 0.6) is 0 Å². The Morgan fingerprint density at radius 2 is 1.83 bits per heavy atom. The van der Waals surface area contributed by atoms with Crippen LogP contribution in [0.2, 0.25) is 0 Å². The lowest BCUT2D eigenvalue weighted by Gasteiger charge is -2.56. The van der Waals surface area contributed by atoms with E-state index in [9.17, 15) is 19.7 Å². The zero-order valence-corrected chi connectivity index (χ0v) is 16.1. The summed E-state index contributed by atoms with van der Waals surface area (Å²) in [5, 5.41) is 22.4. The molecule has 4 saturated carbocycles. The van der Waals surface area contributed by atoms with Crippen molar-refractivity contribution < 1.29 is 19.2 Å². The Balaban J connectivity index is 1.31. The number of nitro groups is 1. The van der Waals surface area contributed by atoms with Crippen molar-refractivity contribution in [3.05, 3.63) is 33.9 Å². The van der Waals surface area contributed by atoms with E-state index in [0.717, 1.165) is 43.1 Å². The number of nitrogens with one attached hydrogen (secondary N) is 1. The number of rotatable bonds is 6. The van der Waals surface area contributed by atoms with E-state index >= 15 is 0 Å². The maximum Gasteiger partial charge on any atom is 0.306 e. The second-order valence-corrected chi connectivity index (χ2v) is 8.90. The molecule has 5 rings (SSSR count). The van der Waals surface area contributed by atoms with Gasteiger partial charge in [-0.2, -0.15) is 5.26 Å². The lowest BCUT2D eigenvalue weighted by atomic mass is 9.49. The molecule has 4 bridgehead atoms. The van der Waals surface area contributed by atoms with Crippen molar-refractivity contribution in [3.63, 3.8) is 0 Å². The smallest absolute Gasteiger partial charge is 0.306 e. The molecule has 8 nitrogen and oxygen atoms in total. The molecule has 0 heterocycles. The lowest BCUT2D eigenvalue weighted by molar-refractivity contribution is -0.384. The summed E-state index contributed by atoms with van der Waals surface area (Å²) in [6, 6.07) is 5.41. The number of anilines is 1. The molecule has 152 valence electrons. The molecule has 4 aliphatic rings. The molecule has 0 unspecified atom stereocenters. The van der Waals surface area contributed by atoms with Crippen LogP contribution in [0.4, 0.5) is 11.4 Å². The van der Waals surface area contributed by atoms with Crippen LogP contribution in [0.1, 0.15) is 50.5 Å². The largest absolute Gasteiger partial charge is 0.456 e. The highest BCUT2D eigenvalue weighted by Gasteiger charge is 2.51. The monoisotopic (exact) mass is 397 g/mol. The number of nitrogens with zero attached hydrogens (tertiary/aromatic N) is 2. The molecule has 0 aliphatic heterocycles. The number of hydrogen-bond donors (Lipinski definition) is 1. The van der Waals surface area contributed by atoms with Gasteiger partial charge in [0.25, 0.3) is 11.6 Å². The Hall–Kier alpha value is -2.95. The van der Waals surface area contributed by atoms with Crippen LogP contribution in [0, 0.1) is 44.6 Å². The third-order valence-electron chi connectivity index (χ3n) is 6.66. The van der Waals surface area contributed by atoms with E-state index in [2.05, 4.69) is 5.32 Å². The van der Waals surface area contributed by atoms with E-state index in [1.807, 2.05) is 6.07 Å². The number of amides is 1. The highest BCUT2D eigenvalue weighted by Crippen LogP contribution is 2.61. The molecule has 1 aromatic rings. The highest BCUT2D eigenvalue weighted by molar-refractivity contribution is 5.94. The summed E-state index contributed by atoms with van der Waals surface area (Å²) < 4.78 is 5.21. The van der Waals surface area contributed by atoms with Gasteiger partial charge in [-0.1, -0.05) is 0 Å². The fourth-order valence-corrected chi connectivity index (χ4v) is 6.04. The first-order chi connectivity index (χ1) is 13.9. The van der Waals surface area contributed by atoms with Crippen molar-refractivity contribution in [2.24, 2.45) is 23.2 Å². The van der Waals surface area contributed by atoms with Crippen LogP contribution in [0.25, 0.3) is 0 Å². The molecule has 1 amide bonds. The Morgan fingerprint density at radius 1 is 1.21 bits per heavy atom. The van der Waals surface area contributed by atoms with Gasteiger partial charge in [-0.3, -0.25) is 19.7 Å². The van der Waals surface area contributed by atoms with E-state index in [1.54, 1.807) is 0 Å². The van der Waals surface area contributed by atoms with Crippen molar-refractivity contribution in [1.29, 1.82) is 5.26 Å². The van der Waals surface area contributed by atoms with E-state index in [4.69, 9.17) is 10.00 Å². The quantitative estimate of drug-likeness (QED) is 0.445. The minimum Gasteiger partial charge on any atom is -0.456 e. The number of nitriles is 1. The van der Waals surface area contributed by atoms with Crippen molar-refractivity contribution >= 4 is 23.3 Å². The number of nitro benzene ring substituents is 1. The molecule has 8 heteroatoms. The highest BCUT2D eigenvalue weighted by atomic mass is 16.6. The Morgan fingerprint density at radius 3 is 2.38 bits per heavy atom. The second kappa shape index (κ2) is 7.47. The zero-order valence-electron chi connectivity index (χ0n) is 16.1. The molecule has 0 saturated heterocycles. The van der Waals surface area contributed by atoms with Gasteiger partial charge in [-0.25, -0.2) is 0 Å². The van der Waals surface area contributed by atoms with Gasteiger partial charge in [0.15, 0.2) is 6.61 Å². The SMILES string of the molecule is N#Cc1cc([N+](=O)[O-])ccc1NC(=O)COC(=O)CC12CC3CC(CC(C3)C1)C2. The first-order valence-electron chi connectivity index (χ1n) is 10.00. The molecule has 4 fully saturated rings. The van der Waals surface area contributed by atoms with Gasteiger partial charge in [0, 0.05) is 12.1 Å². The Bertz CT molecular complexity index is 869. The maximum atomic E-state index is 12.4. The van der Waals surface area contributed by atoms with E-state index in [-0.39, 0.29) is 28.3 Å². The van der Waals surface area contributed by atoms with Gasteiger partial charge in [0.2, 0.25) is 0 Å². The van der Waals surface area contributed by atoms with E-state index in [0.29, 0.717) is 6.42 Å². The average Bonchev–Trinajstić information content (AvgIpc) is 2.65. The first kappa shape index (κ1) is 19.4. The Labute approximate surface area is 168 Å². The summed E-state index contributed by atoms with van der Waals surface area (Å²) in [6.07, 6.45) is 7.54. The normalized spacial score (nSPS) is 29.1. The average molecular weight is 397 g/mol. The minimum absolute atomic E-state index is 0.0209. The zero-order chi connectivity index (χ0) is 20.6. The molecule has 1 N–H and O–H groups in total. The third-order valence-corrected chi connectivity index (χ3v) is 6.66. The standard InChI is InChI=1S/C21H23N3O5/c22-11-16-6-17(24(27)28)1-2-18(16)23-19(25)12-29-20(26)10-21-7-13-3-14(8-21)5-15(4-13)9-21/h1-2,6,13-15H,3-5,7-10,12H2,(H,23,25). The van der Waals surface area contributed by atoms with E-state index < -0.39 is 17.4 Å². The fraction of sp³-hybridized carbons (Fsp3) is 0.571. The van der Waals surface area contributed by atoms with Crippen LogP contribution in [-0.2, 0) is 14.3 Å². The molecule has 0 atom stereocenters. The summed E-state index contributed by atoms with van der Waals surface area (Å²) in [4.78, 5) is 34.7. The van der Waals surface area contributed by atoms with Gasteiger partial charge < -0.3 is 10.1 Å². The predicted molar refractivity (Wildman–Crippen MR) is 103 cm³/mol. The molecule has 0 aromatic heterocycles. The van der Waals surface area contributed by atoms with Crippen LogP contribution >= 0.6 is 0 Å². The summed E-state index contributed by atoms with van der Waals surface area (Å²) in [7, 11) is 0. The summed E-state index contributed by atoms with van der Waals surface area (Å²) in [6.45, 7) is -0.437. The number of carbonyl (C=O) groups is 2. The summed E-state index contributed by atoms with van der Waals surface area (Å²) in [5.41, 5.74) is -0.0523. The summed E-state index contributed by atoms with van der Waals surface area (Å²) >= 11 is 0. The van der Waals surface area contributed by atoms with Crippen LogP contribution < -0.4 is 5.32 Å². The molecule has 1 aromatic carbocycles. The number of esters is 1. The molecule has 4 aliphatic carbocycles. The van der Waals surface area contributed by atoms with Crippen LogP contribution in [0.3, 0.4) is 0 Å². The second-order valence-electron chi connectivity index (χ2n) is 8.90. The van der Waals surface area contributed by atoms with E-state index in [1.165, 1.54) is 31.4 Å². The number of ether oxygens (including phenoxy) is 1. The molecule has 0 spiro atoms. The molecular weight excluding hydrogens is 374 g/mol. The van der Waals surface area contributed by atoms with Crippen molar-refractivity contribution in [2.45, 2.75) is 44.9 Å². The lowest BCUT2D eigenvalue weighted by Crippen LogP contribution is -2.47. The molecule has 29 heavy (non-hydrogen) atoms. The van der Waals surface area contributed by atoms with Gasteiger partial charge in [-0.05, 0) is 67.8 Å². The topological polar surface area (TPSA) is 122 Å². The van der Waals surface area contributed by atoms with Gasteiger partial charge in [-0.15, -0.1) is 0 Å². The Kier molecular flexibility index (Phi) is 4.99.